The van der Waals surface area contributed by atoms with E-state index in [1.807, 2.05) is 6.07 Å². The summed E-state index contributed by atoms with van der Waals surface area (Å²) in [5.41, 5.74) is 13.5. The molecular weight excluding hydrogens is 507 g/mol. The summed E-state index contributed by atoms with van der Waals surface area (Å²) in [4.78, 5) is 16.8. The Labute approximate surface area is 181 Å². The predicted molar refractivity (Wildman–Crippen MR) is 123 cm³/mol. The molecule has 29 heavy (non-hydrogen) atoms. The second-order valence-electron chi connectivity index (χ2n) is 6.42. The summed E-state index contributed by atoms with van der Waals surface area (Å²) in [6, 6.07) is 10.3. The van der Waals surface area contributed by atoms with E-state index in [1.54, 1.807) is 51.5 Å². The van der Waals surface area contributed by atoms with E-state index in [1.165, 1.54) is 0 Å². The number of nitrogens with zero attached hydrogens (tertiary/aromatic N) is 1. The minimum atomic E-state index is -2.38. The van der Waals surface area contributed by atoms with Gasteiger partial charge in [-0.05, 0) is 60.2 Å². The molecule has 0 amide bonds. The lowest BCUT2D eigenvalue weighted by atomic mass is 10.0. The summed E-state index contributed by atoms with van der Waals surface area (Å²) < 4.78 is 26.0. The second-order valence-corrected chi connectivity index (χ2v) is 12.2. The van der Waals surface area contributed by atoms with Crippen molar-refractivity contribution < 1.29 is 18.5 Å². The van der Waals surface area contributed by atoms with Crippen LogP contribution in [-0.4, -0.2) is 28.6 Å². The summed E-state index contributed by atoms with van der Waals surface area (Å²) in [5, 5.41) is 0. The summed E-state index contributed by atoms with van der Waals surface area (Å²) in [6.07, 6.45) is 1.32. The Morgan fingerprint density at radius 3 is 2.76 bits per heavy atom. The van der Waals surface area contributed by atoms with Crippen molar-refractivity contribution >= 4 is 51.6 Å². The number of esters is 1. The number of nitrogens with two attached hydrogens (primary N) is 2. The first-order valence-electron chi connectivity index (χ1n) is 8.73. The molecule has 0 saturated carbocycles. The summed E-state index contributed by atoms with van der Waals surface area (Å²) >= 11 is 1.75. The van der Waals surface area contributed by atoms with Gasteiger partial charge in [-0.1, -0.05) is 6.07 Å². The van der Waals surface area contributed by atoms with Crippen LogP contribution < -0.4 is 25.7 Å². The third-order valence-electron chi connectivity index (χ3n) is 4.12. The van der Waals surface area contributed by atoms with Gasteiger partial charge in [-0.2, -0.15) is 0 Å². The van der Waals surface area contributed by atoms with Gasteiger partial charge in [0.2, 0.25) is 0 Å². The van der Waals surface area contributed by atoms with E-state index in [9.17, 15) is 9.00 Å². The van der Waals surface area contributed by atoms with Crippen LogP contribution in [0.3, 0.4) is 0 Å². The summed E-state index contributed by atoms with van der Waals surface area (Å²) in [5.74, 6) is 3.79. The molecule has 0 aromatic heterocycles. The number of carbonyl (C=O) groups excluding carboxylic acids is 1. The molecule has 2 aromatic rings. The Kier molecular flexibility index (Phi) is 6.65. The number of aliphatic imine (C=N–C) groups is 1. The van der Waals surface area contributed by atoms with Crippen LogP contribution in [0.15, 0.2) is 41.4 Å². The van der Waals surface area contributed by atoms with E-state index in [4.69, 9.17) is 20.9 Å². The normalized spacial score (nSPS) is 15.7. The molecule has 1 aliphatic rings. The van der Waals surface area contributed by atoms with Gasteiger partial charge in [0.05, 0.1) is 24.7 Å². The first-order chi connectivity index (χ1) is 13.7. The Balaban J connectivity index is 1.91. The van der Waals surface area contributed by atoms with Gasteiger partial charge in [0, 0.05) is 27.8 Å². The lowest BCUT2D eigenvalue weighted by Gasteiger charge is -2.17. The van der Waals surface area contributed by atoms with Gasteiger partial charge in [-0.15, -0.1) is 0 Å². The molecule has 3 rings (SSSR count). The van der Waals surface area contributed by atoms with Gasteiger partial charge in [0.25, 0.3) is 0 Å². The fourth-order valence-electron chi connectivity index (χ4n) is 2.86. The van der Waals surface area contributed by atoms with Crippen LogP contribution in [0.4, 0.5) is 5.69 Å². The van der Waals surface area contributed by atoms with Crippen LogP contribution in [0, 0.1) is 0 Å². The minimum Gasteiger partial charge on any atom is -0.490 e. The van der Waals surface area contributed by atoms with Gasteiger partial charge in [-0.3, -0.25) is 0 Å². The number of ether oxygens (including phenoxy) is 2. The van der Waals surface area contributed by atoms with E-state index >= 15 is 0 Å². The molecule has 1 unspecified atom stereocenters. The van der Waals surface area contributed by atoms with Gasteiger partial charge in [-0.25, -0.2) is 18.7 Å². The Bertz CT molecular complexity index is 1070. The molecule has 0 aliphatic carbocycles. The highest BCUT2D eigenvalue weighted by Gasteiger charge is 2.19. The van der Waals surface area contributed by atoms with Gasteiger partial charge in [0.15, 0.2) is 17.5 Å². The van der Waals surface area contributed by atoms with Crippen molar-refractivity contribution in [2.45, 2.75) is 19.4 Å². The molecule has 0 bridgehead atoms. The second kappa shape index (κ2) is 9.01. The molecule has 0 fully saturated rings. The Morgan fingerprint density at radius 2 is 2.03 bits per heavy atom. The number of aryl methyl sites for hydroxylation is 1. The highest BCUT2D eigenvalue weighted by atomic mass is 127. The molecule has 0 saturated heterocycles. The van der Waals surface area contributed by atoms with Crippen LogP contribution >= 0.6 is 21.2 Å². The molecular formula is C19H21IN4O4S. The van der Waals surface area contributed by atoms with Crippen molar-refractivity contribution in [1.82, 2.24) is 4.72 Å². The van der Waals surface area contributed by atoms with Crippen LogP contribution in [0.1, 0.15) is 27.9 Å². The average Bonchev–Trinajstić information content (AvgIpc) is 2.63. The van der Waals surface area contributed by atoms with Crippen molar-refractivity contribution in [2.75, 3.05) is 6.61 Å². The SMILES string of the molecule is C=S(=O)(I)NCc1ccc2c(c1)OC(=O)c1ccc(N=C(N)N)cc1CCCO2. The molecule has 1 aliphatic heterocycles. The smallest absolute Gasteiger partial charge is 0.343 e. The maximum Gasteiger partial charge on any atom is 0.343 e. The Morgan fingerprint density at radius 1 is 1.24 bits per heavy atom. The maximum atomic E-state index is 12.8. The van der Waals surface area contributed by atoms with Crippen molar-refractivity contribution in [3.05, 3.63) is 53.1 Å². The summed E-state index contributed by atoms with van der Waals surface area (Å²) in [6.45, 7) is -1.61. The fourth-order valence-corrected chi connectivity index (χ4v) is 3.71. The van der Waals surface area contributed by atoms with Crippen LogP contribution in [0.2, 0.25) is 0 Å². The standard InChI is InChI=1S/C19H21IN4O4S/c1-29(20,26)23-11-12-4-7-16-17(9-12)28-18(25)15-6-5-14(24-19(21)22)10-13(15)3-2-8-27-16/h4-7,9-10H,1-3,8,11H2,(H,23,26)(H4,21,22,24). The zero-order valence-corrected chi connectivity index (χ0v) is 18.5. The number of fused-ring (bicyclic) bond motifs is 2. The molecule has 0 spiro atoms. The summed E-state index contributed by atoms with van der Waals surface area (Å²) in [7, 11) is 0. The highest BCUT2D eigenvalue weighted by molar-refractivity contribution is 14.2. The van der Waals surface area contributed by atoms with Crippen LogP contribution in [-0.2, 0) is 19.8 Å². The topological polar surface area (TPSA) is 129 Å². The zero-order chi connectivity index (χ0) is 21.0. The van der Waals surface area contributed by atoms with Gasteiger partial charge >= 0.3 is 5.97 Å². The minimum absolute atomic E-state index is 0.0523. The van der Waals surface area contributed by atoms with Crippen molar-refractivity contribution in [1.29, 1.82) is 0 Å². The van der Waals surface area contributed by atoms with E-state index in [-0.39, 0.29) is 5.96 Å². The predicted octanol–water partition coefficient (Wildman–Crippen LogP) is 2.21. The van der Waals surface area contributed by atoms with Crippen molar-refractivity contribution in [3.63, 3.8) is 0 Å². The third kappa shape index (κ3) is 6.08. The first-order valence-corrected chi connectivity index (χ1v) is 13.0. The Hall–Kier alpha value is -2.31. The van der Waals surface area contributed by atoms with Gasteiger partial charge < -0.3 is 20.9 Å². The van der Waals surface area contributed by atoms with E-state index in [2.05, 4.69) is 15.6 Å². The largest absolute Gasteiger partial charge is 0.490 e. The highest BCUT2D eigenvalue weighted by Crippen LogP contribution is 2.31. The zero-order valence-electron chi connectivity index (χ0n) is 15.5. The number of guanidine groups is 1. The van der Waals surface area contributed by atoms with Crippen LogP contribution in [0.5, 0.6) is 11.5 Å². The number of benzene rings is 2. The monoisotopic (exact) mass is 528 g/mol. The quantitative estimate of drug-likeness (QED) is 0.106. The number of hydrogen-bond donors (Lipinski definition) is 3. The molecule has 1 heterocycles. The molecule has 2 aromatic carbocycles. The number of rotatable bonds is 4. The van der Waals surface area contributed by atoms with E-state index < -0.39 is 12.8 Å². The average molecular weight is 528 g/mol. The lowest BCUT2D eigenvalue weighted by molar-refractivity contribution is 0.0725. The van der Waals surface area contributed by atoms with Crippen LogP contribution in [0.25, 0.3) is 0 Å². The lowest BCUT2D eigenvalue weighted by Crippen LogP contribution is -2.22. The van der Waals surface area contributed by atoms with Crippen molar-refractivity contribution in [2.24, 2.45) is 16.5 Å². The van der Waals surface area contributed by atoms with E-state index in [0.717, 1.165) is 11.1 Å². The molecule has 10 heteroatoms. The molecule has 154 valence electrons. The number of carbonyl (C=O) groups is 1. The third-order valence-corrected chi connectivity index (χ3v) is 5.63. The fraction of sp³-hybridized carbons (Fsp3) is 0.211. The van der Waals surface area contributed by atoms with Gasteiger partial charge in [0.1, 0.15) is 0 Å². The number of hydrogen-bond acceptors (Lipinski definition) is 5. The number of nitrogens with one attached hydrogen (secondary N) is 1. The van der Waals surface area contributed by atoms with E-state index in [0.29, 0.717) is 48.7 Å². The maximum absolute atomic E-state index is 12.8. The van der Waals surface area contributed by atoms with Crippen molar-refractivity contribution in [3.8, 4) is 11.5 Å². The first kappa shape index (κ1) is 21.4. The molecule has 5 N–H and O–H groups in total. The molecule has 1 atom stereocenters. The molecule has 0 radical (unpaired) electrons. The number of halogens is 1. The molecule has 8 nitrogen and oxygen atoms in total.